The predicted molar refractivity (Wildman–Crippen MR) is 133 cm³/mol. The molecule has 10 nitrogen and oxygen atoms in total. The molecule has 194 valence electrons. The number of benzene rings is 1. The fourth-order valence-electron chi connectivity index (χ4n) is 3.58. The molecule has 2 heterocycles. The lowest BCUT2D eigenvalue weighted by Gasteiger charge is -2.17. The number of nitrogens with one attached hydrogen (secondary N) is 1. The lowest BCUT2D eigenvalue weighted by Crippen LogP contribution is -2.33. The normalized spacial score (nSPS) is 45.7. The van der Waals surface area contributed by atoms with Crippen molar-refractivity contribution in [3.8, 4) is 0 Å². The van der Waals surface area contributed by atoms with Crippen LogP contribution in [0.4, 0.5) is 10.2 Å². The third-order valence-electron chi connectivity index (χ3n) is 5.47. The number of fused-ring (bicyclic) bond motifs is 1. The molecule has 4 N–H and O–H groups in total. The Bertz CT molecular complexity index is 1810. The Kier molecular flexibility index (Phi) is 4.09. The fraction of sp³-hybridized carbons (Fsp3) is 0.583. The van der Waals surface area contributed by atoms with E-state index in [2.05, 4.69) is 25.6 Å². The molecule has 0 amide bonds. The van der Waals surface area contributed by atoms with Gasteiger partial charge < -0.3 is 25.4 Å². The second-order valence-electron chi connectivity index (χ2n) is 7.84. The zero-order valence-corrected chi connectivity index (χ0v) is 19.8. The van der Waals surface area contributed by atoms with Crippen LogP contribution in [0.2, 0.25) is 0 Å². The smallest absolute Gasteiger partial charge is 0.191 e. The van der Waals surface area contributed by atoms with E-state index < -0.39 is 95.8 Å². The maximum atomic E-state index is 14.3. The van der Waals surface area contributed by atoms with Gasteiger partial charge in [0.1, 0.15) is 18.0 Å². The van der Waals surface area contributed by atoms with Crippen molar-refractivity contribution in [2.75, 3.05) is 24.2 Å². The van der Waals surface area contributed by atoms with Crippen LogP contribution in [0.5, 0.6) is 0 Å². The van der Waals surface area contributed by atoms with Crippen LogP contribution in [-0.4, -0.2) is 83.4 Å². The lowest BCUT2D eigenvalue weighted by atomic mass is 10.1. The Morgan fingerprint density at radius 2 is 2.19 bits per heavy atom. The summed E-state index contributed by atoms with van der Waals surface area (Å²) in [6.07, 6.45) is -18.4. The summed E-state index contributed by atoms with van der Waals surface area (Å²) >= 11 is 0.127. The molecule has 0 saturated heterocycles. The highest BCUT2D eigenvalue weighted by Crippen LogP contribution is 2.44. The van der Waals surface area contributed by atoms with Gasteiger partial charge in [0.15, 0.2) is 22.1 Å². The van der Waals surface area contributed by atoms with Crippen molar-refractivity contribution in [2.45, 2.75) is 74.4 Å². The van der Waals surface area contributed by atoms with Crippen molar-refractivity contribution in [2.24, 2.45) is 0 Å². The van der Waals surface area contributed by atoms with Gasteiger partial charge in [-0.1, -0.05) is 36.0 Å². The second kappa shape index (κ2) is 10.5. The van der Waals surface area contributed by atoms with Crippen LogP contribution in [0, 0.1) is 12.7 Å². The molecule has 3 aromatic rings. The van der Waals surface area contributed by atoms with Crippen LogP contribution in [0.25, 0.3) is 11.2 Å². The number of halogens is 1. The van der Waals surface area contributed by atoms with Crippen LogP contribution in [0.3, 0.4) is 0 Å². The van der Waals surface area contributed by atoms with E-state index >= 15 is 0 Å². The average molecular weight is 532 g/mol. The number of thioether (sulfide) groups is 1. The quantitative estimate of drug-likeness (QED) is 0.227. The van der Waals surface area contributed by atoms with E-state index in [-0.39, 0.29) is 22.9 Å². The van der Waals surface area contributed by atoms with Crippen LogP contribution in [0.15, 0.2) is 23.4 Å². The molecule has 0 bridgehead atoms. The molecule has 2 saturated carbocycles. The molecule has 5 rings (SSSR count). The van der Waals surface area contributed by atoms with E-state index in [0.717, 1.165) is 6.92 Å². The van der Waals surface area contributed by atoms with E-state index in [1.165, 1.54) is 12.1 Å². The number of aliphatic hydroxyl groups is 3. The van der Waals surface area contributed by atoms with Crippen LogP contribution < -0.4 is 5.32 Å². The van der Waals surface area contributed by atoms with Gasteiger partial charge in [-0.05, 0) is 36.9 Å². The minimum Gasteiger partial charge on any atom is -0.394 e. The van der Waals surface area contributed by atoms with Crippen molar-refractivity contribution in [1.82, 2.24) is 25.0 Å². The number of anilines is 1. The highest BCUT2D eigenvalue weighted by Gasteiger charge is 2.45. The van der Waals surface area contributed by atoms with Gasteiger partial charge in [-0.2, -0.15) is 0 Å². The van der Waals surface area contributed by atoms with Gasteiger partial charge in [0.25, 0.3) is 0 Å². The van der Waals surface area contributed by atoms with Gasteiger partial charge in [0.05, 0.1) is 34.9 Å². The molecule has 0 spiro atoms. The summed E-state index contributed by atoms with van der Waals surface area (Å²) in [5.74, 6) is -1.52. The predicted octanol–water partition coefficient (Wildman–Crippen LogP) is 2.18. The minimum absolute atomic E-state index is 0.0935. The van der Waals surface area contributed by atoms with E-state index in [1.54, 1.807) is 13.0 Å². The molecule has 12 heteroatoms. The van der Waals surface area contributed by atoms with Crippen molar-refractivity contribution in [3.05, 3.63) is 35.1 Å². The summed E-state index contributed by atoms with van der Waals surface area (Å²) in [5, 5.41) is 41.3. The second-order valence-corrected chi connectivity index (χ2v) is 8.62. The number of hydrogen-bond acceptors (Lipinski definition) is 10. The molecule has 2 aliphatic carbocycles. The van der Waals surface area contributed by atoms with Gasteiger partial charge >= 0.3 is 0 Å². The summed E-state index contributed by atoms with van der Waals surface area (Å²) in [6.45, 7) is -2.32. The summed E-state index contributed by atoms with van der Waals surface area (Å²) < 4.78 is 127. The number of aryl methyl sites for hydroxylation is 1. The minimum atomic E-state index is -4.11. The maximum absolute atomic E-state index is 14.3. The lowest BCUT2D eigenvalue weighted by molar-refractivity contribution is -0.0629. The molecule has 36 heavy (non-hydrogen) atoms. The van der Waals surface area contributed by atoms with Crippen molar-refractivity contribution in [1.29, 1.82) is 0 Å². The van der Waals surface area contributed by atoms with Gasteiger partial charge in [-0.3, -0.25) is 0 Å². The number of rotatable bonds is 10. The van der Waals surface area contributed by atoms with Crippen molar-refractivity contribution in [3.63, 3.8) is 0 Å². The molecule has 2 aromatic heterocycles. The van der Waals surface area contributed by atoms with E-state index in [0.29, 0.717) is 11.1 Å². The summed E-state index contributed by atoms with van der Waals surface area (Å²) in [6, 6.07) is -1.01. The zero-order chi connectivity index (χ0) is 37.2. The van der Waals surface area contributed by atoms with Gasteiger partial charge in [0.2, 0.25) is 0 Å². The van der Waals surface area contributed by atoms with Crippen molar-refractivity contribution < 1.29 is 42.3 Å². The topological polar surface area (TPSA) is 138 Å². The van der Waals surface area contributed by atoms with Crippen molar-refractivity contribution >= 4 is 28.7 Å². The SMILES string of the molecule is [2H]C([2H])(O)CO[C@@]1([2H])C([2H])([2H])[C@@]([2H])(n2nnc3c(N[C@]4([2H])C[C@H]4c4ccc(C)c(F)c4)nc(SC([2H])([2H])C([2H])([2H])C)nc32)[C@]([2H])(O)[C@]1([2H])O. The Hall–Kier alpha value is -2.38. The van der Waals surface area contributed by atoms with Crippen LogP contribution in [0.1, 0.15) is 67.0 Å². The molecular weight excluding hydrogens is 487 g/mol. The Morgan fingerprint density at radius 1 is 1.36 bits per heavy atom. The van der Waals surface area contributed by atoms with Crippen LogP contribution in [-0.2, 0) is 4.74 Å². The van der Waals surface area contributed by atoms with E-state index in [1.807, 2.05) is 0 Å². The van der Waals surface area contributed by atoms with E-state index in [9.17, 15) is 19.7 Å². The first kappa shape index (κ1) is 14.0. The number of nitrogens with zero attached hydrogens (tertiary/aromatic N) is 5. The molecule has 0 unspecified atom stereocenters. The van der Waals surface area contributed by atoms with Crippen LogP contribution >= 0.6 is 11.8 Å². The Morgan fingerprint density at radius 3 is 2.94 bits per heavy atom. The highest BCUT2D eigenvalue weighted by atomic mass is 32.2. The summed E-state index contributed by atoms with van der Waals surface area (Å²) in [4.78, 5) is 8.23. The summed E-state index contributed by atoms with van der Waals surface area (Å²) in [7, 11) is 0. The molecule has 0 radical (unpaired) electrons. The standard InChI is InChI=1S/C24H31FN6O4S/c1-3-8-36-24-27-22(26-16-10-14(16)13-5-4-12(2)15(25)9-13)19-23(28-24)31(30-29-19)17-11-18(35-7-6-32)21(34)20(17)33/h4-5,9,14,16-18,20-21,32-34H,3,6-8,10-11H2,1-2H3,(H,26,27,28)/t14-,16+,17+,18-,20-,21+/m0/s1/i3D2,6D2,8D2,11D2,16D,17D,18D,20D,21D. The number of hydrogen-bond donors (Lipinski definition) is 4. The largest absolute Gasteiger partial charge is 0.394 e. The first-order valence-corrected chi connectivity index (χ1v) is 11.5. The first-order chi connectivity index (χ1) is 22.0. The molecule has 1 aromatic carbocycles. The van der Waals surface area contributed by atoms with Gasteiger partial charge in [0, 0.05) is 32.2 Å². The number of aromatic nitrogens is 5. The molecular formula is C24H31FN6O4S. The summed E-state index contributed by atoms with van der Waals surface area (Å²) in [5.41, 5.74) is -3.17. The maximum Gasteiger partial charge on any atom is 0.191 e. The average Bonchev–Trinajstić information content (AvgIpc) is 3.40. The third kappa shape index (κ3) is 4.92. The highest BCUT2D eigenvalue weighted by molar-refractivity contribution is 7.99. The zero-order valence-electron chi connectivity index (χ0n) is 32.0. The molecule has 6 atom stereocenters. The van der Waals surface area contributed by atoms with Gasteiger partial charge in [-0.25, -0.2) is 19.0 Å². The first-order valence-electron chi connectivity index (χ1n) is 17.2. The van der Waals surface area contributed by atoms with Gasteiger partial charge in [-0.15, -0.1) is 5.10 Å². The third-order valence-corrected chi connectivity index (χ3v) is 6.15. The number of ether oxygens (including phenoxy) is 1. The monoisotopic (exact) mass is 531 g/mol. The molecule has 0 aliphatic heterocycles. The molecule has 2 fully saturated rings. The Balaban J connectivity index is 1.69. The fourth-order valence-corrected chi connectivity index (χ4v) is 4.04. The van der Waals surface area contributed by atoms with E-state index in [4.69, 9.17) is 22.6 Å². The Labute approximate surface area is 230 Å². The molecule has 2 aliphatic rings.